The predicted octanol–water partition coefficient (Wildman–Crippen LogP) is 5.12. The number of benzene rings is 1. The number of aromatic nitrogens is 3. The van der Waals surface area contributed by atoms with Crippen molar-refractivity contribution in [1.29, 1.82) is 0 Å². The molecule has 1 atom stereocenters. The lowest BCUT2D eigenvalue weighted by Crippen LogP contribution is -2.48. The summed E-state index contributed by atoms with van der Waals surface area (Å²) in [5.74, 6) is 1.02. The summed E-state index contributed by atoms with van der Waals surface area (Å²) < 4.78 is 15.0. The average molecular weight is 466 g/mol. The first kappa shape index (κ1) is 21.4. The van der Waals surface area contributed by atoms with E-state index in [0.29, 0.717) is 6.04 Å². The van der Waals surface area contributed by atoms with Crippen LogP contribution in [-0.4, -0.2) is 64.2 Å². The number of hydrogen-bond acceptors (Lipinski definition) is 5. The normalized spacial score (nSPS) is 26.2. The largest absolute Gasteiger partial charge is 0.301 e. The van der Waals surface area contributed by atoms with Gasteiger partial charge in [-0.2, -0.15) is 0 Å². The van der Waals surface area contributed by atoms with Gasteiger partial charge in [-0.3, -0.25) is 9.29 Å². The lowest BCUT2D eigenvalue weighted by Gasteiger charge is -2.44. The summed E-state index contributed by atoms with van der Waals surface area (Å²) in [5.41, 5.74) is 3.56. The number of fused-ring (bicyclic) bond motifs is 3. The van der Waals surface area contributed by atoms with Crippen molar-refractivity contribution in [3.63, 3.8) is 0 Å². The number of hydrogen-bond donors (Lipinski definition) is 0. The Hall–Kier alpha value is -2.09. The zero-order chi connectivity index (χ0) is 22.2. The minimum Gasteiger partial charge on any atom is -0.301 e. The van der Waals surface area contributed by atoms with Gasteiger partial charge in [0.25, 0.3) is 0 Å². The second kappa shape index (κ2) is 9.28. The summed E-state index contributed by atoms with van der Waals surface area (Å²) in [6, 6.07) is 13.8. The molecule has 4 aliphatic rings. The zero-order valence-corrected chi connectivity index (χ0v) is 19.9. The van der Waals surface area contributed by atoms with Gasteiger partial charge in [-0.05, 0) is 87.0 Å². The van der Waals surface area contributed by atoms with E-state index < -0.39 is 0 Å². The van der Waals surface area contributed by atoms with E-state index in [1.165, 1.54) is 46.8 Å². The second-order valence-corrected chi connectivity index (χ2v) is 11.1. The summed E-state index contributed by atoms with van der Waals surface area (Å²) in [6.07, 6.45) is 6.69. The Labute approximate surface area is 199 Å². The van der Waals surface area contributed by atoms with Crippen LogP contribution in [0.3, 0.4) is 0 Å². The summed E-state index contributed by atoms with van der Waals surface area (Å²) in [7, 11) is 0. The molecular weight excluding hydrogens is 433 g/mol. The standard InChI is InChI=1S/C26H32FN5S/c27-15-19-7-11-30(12-8-19)16-20-1-3-22(4-2-20)25-5-6-26(33-25)23-17-32(29-28-23)24-18-31-13-9-21(24)10-14-31/h1-6,17,19,21,24H,7-16,18H2/t24-/m0/s1. The molecule has 4 saturated heterocycles. The van der Waals surface area contributed by atoms with Gasteiger partial charge < -0.3 is 4.90 Å². The smallest absolute Gasteiger partial charge is 0.123 e. The molecule has 0 aliphatic carbocycles. The number of thiophene rings is 1. The molecule has 4 aliphatic heterocycles. The van der Waals surface area contributed by atoms with Gasteiger partial charge in [-0.25, -0.2) is 4.68 Å². The van der Waals surface area contributed by atoms with Crippen molar-refractivity contribution in [2.75, 3.05) is 39.4 Å². The van der Waals surface area contributed by atoms with Crippen LogP contribution in [-0.2, 0) is 6.54 Å². The molecule has 1 aromatic carbocycles. The third-order valence-electron chi connectivity index (χ3n) is 7.90. The van der Waals surface area contributed by atoms with E-state index in [-0.39, 0.29) is 12.6 Å². The Kier molecular flexibility index (Phi) is 6.03. The van der Waals surface area contributed by atoms with Crippen LogP contribution < -0.4 is 0 Å². The molecule has 7 heteroatoms. The SMILES string of the molecule is FCC1CCN(Cc2ccc(-c3ccc(-c4cn([C@H]5CN6CCC5CC6)nn4)s3)cc2)CC1. The van der Waals surface area contributed by atoms with Gasteiger partial charge in [0, 0.05) is 18.0 Å². The van der Waals surface area contributed by atoms with Crippen LogP contribution in [0.15, 0.2) is 42.6 Å². The van der Waals surface area contributed by atoms with E-state index >= 15 is 0 Å². The fraction of sp³-hybridized carbons (Fsp3) is 0.538. The van der Waals surface area contributed by atoms with Crippen LogP contribution in [0.5, 0.6) is 0 Å². The molecule has 4 fully saturated rings. The zero-order valence-electron chi connectivity index (χ0n) is 19.1. The molecule has 0 unspecified atom stereocenters. The van der Waals surface area contributed by atoms with Crippen LogP contribution in [0.4, 0.5) is 4.39 Å². The van der Waals surface area contributed by atoms with Crippen molar-refractivity contribution in [3.05, 3.63) is 48.2 Å². The summed E-state index contributed by atoms with van der Waals surface area (Å²) in [4.78, 5) is 7.45. The fourth-order valence-electron chi connectivity index (χ4n) is 5.75. The summed E-state index contributed by atoms with van der Waals surface area (Å²) in [5, 5.41) is 9.03. The highest BCUT2D eigenvalue weighted by Crippen LogP contribution is 2.37. The maximum Gasteiger partial charge on any atom is 0.123 e. The average Bonchev–Trinajstić information content (AvgIpc) is 3.56. The minimum absolute atomic E-state index is 0.165. The second-order valence-electron chi connectivity index (χ2n) is 10.0. The van der Waals surface area contributed by atoms with Gasteiger partial charge in [-0.15, -0.1) is 16.4 Å². The first-order valence-electron chi connectivity index (χ1n) is 12.4. The molecule has 2 bridgehead atoms. The van der Waals surface area contributed by atoms with E-state index in [0.717, 1.165) is 50.6 Å². The Balaban J connectivity index is 1.11. The molecule has 0 spiro atoms. The number of halogens is 1. The van der Waals surface area contributed by atoms with Gasteiger partial charge >= 0.3 is 0 Å². The highest BCUT2D eigenvalue weighted by molar-refractivity contribution is 7.18. The molecule has 0 N–H and O–H groups in total. The van der Waals surface area contributed by atoms with Gasteiger partial charge in [0.2, 0.25) is 0 Å². The first-order valence-corrected chi connectivity index (χ1v) is 13.2. The minimum atomic E-state index is -0.165. The summed E-state index contributed by atoms with van der Waals surface area (Å²) in [6.45, 7) is 6.40. The molecule has 0 amide bonds. The molecule has 0 radical (unpaired) electrons. The van der Waals surface area contributed by atoms with Gasteiger partial charge in [0.15, 0.2) is 0 Å². The van der Waals surface area contributed by atoms with Crippen LogP contribution in [0.2, 0.25) is 0 Å². The van der Waals surface area contributed by atoms with Gasteiger partial charge in [0.1, 0.15) is 5.69 Å². The van der Waals surface area contributed by atoms with Crippen molar-refractivity contribution in [3.8, 4) is 21.0 Å². The Morgan fingerprint density at radius 3 is 2.36 bits per heavy atom. The quantitative estimate of drug-likeness (QED) is 0.506. The van der Waals surface area contributed by atoms with Gasteiger partial charge in [-0.1, -0.05) is 29.5 Å². The third kappa shape index (κ3) is 4.51. The van der Waals surface area contributed by atoms with Crippen LogP contribution in [0, 0.1) is 11.8 Å². The molecule has 5 nitrogen and oxygen atoms in total. The maximum atomic E-state index is 12.8. The first-order chi connectivity index (χ1) is 16.2. The molecule has 2 aromatic heterocycles. The van der Waals surface area contributed by atoms with E-state index in [2.05, 4.69) is 67.4 Å². The Morgan fingerprint density at radius 1 is 0.909 bits per heavy atom. The fourth-order valence-corrected chi connectivity index (χ4v) is 6.71. The van der Waals surface area contributed by atoms with Crippen molar-refractivity contribution in [2.24, 2.45) is 11.8 Å². The number of nitrogens with zero attached hydrogens (tertiary/aromatic N) is 5. The van der Waals surface area contributed by atoms with E-state index in [4.69, 9.17) is 0 Å². The maximum absolute atomic E-state index is 12.8. The third-order valence-corrected chi connectivity index (χ3v) is 9.06. The van der Waals surface area contributed by atoms with Crippen molar-refractivity contribution >= 4 is 11.3 Å². The molecule has 174 valence electrons. The lowest BCUT2D eigenvalue weighted by atomic mass is 9.84. The highest BCUT2D eigenvalue weighted by atomic mass is 32.1. The summed E-state index contributed by atoms with van der Waals surface area (Å²) >= 11 is 1.79. The van der Waals surface area contributed by atoms with Crippen LogP contribution in [0.25, 0.3) is 21.0 Å². The molecule has 6 heterocycles. The van der Waals surface area contributed by atoms with E-state index in [1.54, 1.807) is 11.3 Å². The van der Waals surface area contributed by atoms with Gasteiger partial charge in [0.05, 0.1) is 23.8 Å². The van der Waals surface area contributed by atoms with E-state index in [1.807, 2.05) is 0 Å². The number of rotatable bonds is 6. The van der Waals surface area contributed by atoms with Crippen molar-refractivity contribution in [2.45, 2.75) is 38.3 Å². The van der Waals surface area contributed by atoms with Crippen molar-refractivity contribution in [1.82, 2.24) is 24.8 Å². The monoisotopic (exact) mass is 465 g/mol. The molecule has 0 saturated carbocycles. The topological polar surface area (TPSA) is 37.2 Å². The number of piperidine rings is 4. The molecular formula is C26H32FN5S. The molecule has 33 heavy (non-hydrogen) atoms. The lowest BCUT2D eigenvalue weighted by molar-refractivity contribution is 0.0504. The van der Waals surface area contributed by atoms with Crippen LogP contribution >= 0.6 is 11.3 Å². The highest BCUT2D eigenvalue weighted by Gasteiger charge is 2.35. The van der Waals surface area contributed by atoms with Crippen molar-refractivity contribution < 1.29 is 4.39 Å². The molecule has 7 rings (SSSR count). The predicted molar refractivity (Wildman–Crippen MR) is 131 cm³/mol. The number of likely N-dealkylation sites (tertiary alicyclic amines) is 1. The Morgan fingerprint density at radius 2 is 1.67 bits per heavy atom. The molecule has 3 aromatic rings. The van der Waals surface area contributed by atoms with E-state index in [9.17, 15) is 4.39 Å². The Bertz CT molecular complexity index is 1060. The van der Waals surface area contributed by atoms with Crippen LogP contribution in [0.1, 0.15) is 37.3 Å². The number of alkyl halides is 1.